The SMILES string of the molecule is COc1nc(N)nc(NCCCC(N)=O)n1. The van der Waals surface area contributed by atoms with Crippen molar-refractivity contribution in [3.05, 3.63) is 0 Å². The Hall–Kier alpha value is -2.12. The van der Waals surface area contributed by atoms with E-state index in [-0.39, 0.29) is 17.9 Å². The summed E-state index contributed by atoms with van der Waals surface area (Å²) in [5.74, 6) is 0.0487. The van der Waals surface area contributed by atoms with Crippen molar-refractivity contribution < 1.29 is 9.53 Å². The Morgan fingerprint density at radius 1 is 1.44 bits per heavy atom. The van der Waals surface area contributed by atoms with Gasteiger partial charge in [-0.1, -0.05) is 0 Å². The minimum atomic E-state index is -0.338. The van der Waals surface area contributed by atoms with Crippen LogP contribution >= 0.6 is 0 Å². The molecule has 0 unspecified atom stereocenters. The average molecular weight is 226 g/mol. The maximum atomic E-state index is 10.5. The highest BCUT2D eigenvalue weighted by Crippen LogP contribution is 2.07. The molecule has 0 bridgehead atoms. The van der Waals surface area contributed by atoms with Gasteiger partial charge in [0.1, 0.15) is 0 Å². The molecule has 1 heterocycles. The third-order valence-electron chi connectivity index (χ3n) is 1.70. The van der Waals surface area contributed by atoms with Gasteiger partial charge in [0.2, 0.25) is 17.8 Å². The van der Waals surface area contributed by atoms with Crippen molar-refractivity contribution in [2.24, 2.45) is 5.73 Å². The molecule has 1 rings (SSSR count). The van der Waals surface area contributed by atoms with Gasteiger partial charge in [0.25, 0.3) is 0 Å². The first-order chi connectivity index (χ1) is 7.61. The number of nitrogen functional groups attached to an aromatic ring is 1. The number of nitrogens with one attached hydrogen (secondary N) is 1. The maximum absolute atomic E-state index is 10.5. The zero-order valence-corrected chi connectivity index (χ0v) is 8.93. The van der Waals surface area contributed by atoms with Gasteiger partial charge in [0.15, 0.2) is 0 Å². The second kappa shape index (κ2) is 5.69. The van der Waals surface area contributed by atoms with E-state index in [9.17, 15) is 4.79 Å². The largest absolute Gasteiger partial charge is 0.467 e. The van der Waals surface area contributed by atoms with Crippen molar-refractivity contribution in [1.29, 1.82) is 0 Å². The molecule has 0 aromatic carbocycles. The van der Waals surface area contributed by atoms with E-state index in [1.54, 1.807) is 0 Å². The Kier molecular flexibility index (Phi) is 4.25. The van der Waals surface area contributed by atoms with Gasteiger partial charge in [-0.2, -0.15) is 15.0 Å². The number of hydrogen-bond acceptors (Lipinski definition) is 7. The summed E-state index contributed by atoms with van der Waals surface area (Å²) in [7, 11) is 1.44. The van der Waals surface area contributed by atoms with Crippen LogP contribution in [0.5, 0.6) is 6.01 Å². The van der Waals surface area contributed by atoms with Crippen LogP contribution in [0.25, 0.3) is 0 Å². The Labute approximate surface area is 92.4 Å². The fraction of sp³-hybridized carbons (Fsp3) is 0.500. The Bertz CT molecular complexity index is 370. The van der Waals surface area contributed by atoms with Gasteiger partial charge in [-0.3, -0.25) is 4.79 Å². The van der Waals surface area contributed by atoms with Crippen LogP contribution in [-0.4, -0.2) is 34.5 Å². The molecule has 5 N–H and O–H groups in total. The highest BCUT2D eigenvalue weighted by Gasteiger charge is 2.03. The molecule has 1 aromatic rings. The molecular weight excluding hydrogens is 212 g/mol. The lowest BCUT2D eigenvalue weighted by Crippen LogP contribution is -2.14. The highest BCUT2D eigenvalue weighted by molar-refractivity contribution is 5.73. The van der Waals surface area contributed by atoms with E-state index in [0.29, 0.717) is 25.3 Å². The first-order valence-corrected chi connectivity index (χ1v) is 4.69. The van der Waals surface area contributed by atoms with E-state index < -0.39 is 0 Å². The van der Waals surface area contributed by atoms with E-state index in [1.807, 2.05) is 0 Å². The minimum Gasteiger partial charge on any atom is -0.467 e. The molecule has 1 aromatic heterocycles. The summed E-state index contributed by atoms with van der Waals surface area (Å²) < 4.78 is 4.82. The molecule has 0 aliphatic heterocycles. The number of carbonyl (C=O) groups excluding carboxylic acids is 1. The van der Waals surface area contributed by atoms with Gasteiger partial charge in [0.05, 0.1) is 7.11 Å². The molecule has 0 radical (unpaired) electrons. The summed E-state index contributed by atoms with van der Waals surface area (Å²) in [6, 6.07) is 0.143. The van der Waals surface area contributed by atoms with Crippen molar-refractivity contribution in [2.45, 2.75) is 12.8 Å². The van der Waals surface area contributed by atoms with E-state index in [2.05, 4.69) is 20.3 Å². The molecule has 1 amide bonds. The lowest BCUT2D eigenvalue weighted by molar-refractivity contribution is -0.118. The molecule has 8 heteroatoms. The average Bonchev–Trinajstić information content (AvgIpc) is 2.23. The molecule has 0 aliphatic carbocycles. The number of rotatable bonds is 6. The predicted molar refractivity (Wildman–Crippen MR) is 57.7 cm³/mol. The van der Waals surface area contributed by atoms with Gasteiger partial charge in [0, 0.05) is 13.0 Å². The molecule has 88 valence electrons. The summed E-state index contributed by atoms with van der Waals surface area (Å²) in [6.07, 6.45) is 0.911. The first kappa shape index (κ1) is 12.0. The fourth-order valence-electron chi connectivity index (χ4n) is 1.01. The number of nitrogens with zero attached hydrogens (tertiary/aromatic N) is 3. The van der Waals surface area contributed by atoms with E-state index >= 15 is 0 Å². The quantitative estimate of drug-likeness (QED) is 0.538. The summed E-state index contributed by atoms with van der Waals surface area (Å²) in [5, 5.41) is 2.89. The van der Waals surface area contributed by atoms with Crippen molar-refractivity contribution in [3.63, 3.8) is 0 Å². The molecule has 0 saturated carbocycles. The van der Waals surface area contributed by atoms with Crippen LogP contribution in [-0.2, 0) is 4.79 Å². The number of amides is 1. The number of aromatic nitrogens is 3. The molecule has 0 fully saturated rings. The van der Waals surface area contributed by atoms with E-state index in [4.69, 9.17) is 16.2 Å². The Morgan fingerprint density at radius 2 is 2.19 bits per heavy atom. The van der Waals surface area contributed by atoms with Crippen LogP contribution in [0.1, 0.15) is 12.8 Å². The van der Waals surface area contributed by atoms with Gasteiger partial charge < -0.3 is 21.5 Å². The van der Waals surface area contributed by atoms with Crippen LogP contribution in [0.15, 0.2) is 0 Å². The van der Waals surface area contributed by atoms with Crippen LogP contribution in [0.2, 0.25) is 0 Å². The second-order valence-corrected chi connectivity index (χ2v) is 3.00. The van der Waals surface area contributed by atoms with Crippen molar-refractivity contribution in [3.8, 4) is 6.01 Å². The minimum absolute atomic E-state index is 0.0734. The fourth-order valence-corrected chi connectivity index (χ4v) is 1.01. The van der Waals surface area contributed by atoms with Gasteiger partial charge in [-0.05, 0) is 6.42 Å². The molecule has 16 heavy (non-hydrogen) atoms. The molecule has 0 spiro atoms. The predicted octanol–water partition coefficient (Wildman–Crippen LogP) is -0.860. The van der Waals surface area contributed by atoms with Crippen molar-refractivity contribution in [1.82, 2.24) is 15.0 Å². The molecule has 0 saturated heterocycles. The molecular formula is C8H14N6O2. The van der Waals surface area contributed by atoms with E-state index in [1.165, 1.54) is 7.11 Å². The normalized spacial score (nSPS) is 9.81. The summed E-state index contributed by atoms with van der Waals surface area (Å²) >= 11 is 0. The Morgan fingerprint density at radius 3 is 2.81 bits per heavy atom. The highest BCUT2D eigenvalue weighted by atomic mass is 16.5. The van der Waals surface area contributed by atoms with Crippen molar-refractivity contribution in [2.75, 3.05) is 24.7 Å². The third-order valence-corrected chi connectivity index (χ3v) is 1.70. The zero-order valence-electron chi connectivity index (χ0n) is 8.93. The van der Waals surface area contributed by atoms with Crippen LogP contribution in [0.3, 0.4) is 0 Å². The number of hydrogen-bond donors (Lipinski definition) is 3. The molecule has 0 atom stereocenters. The summed E-state index contributed by atoms with van der Waals surface area (Å²) in [4.78, 5) is 22.0. The maximum Gasteiger partial charge on any atom is 0.322 e. The summed E-state index contributed by atoms with van der Waals surface area (Å²) in [6.45, 7) is 0.523. The monoisotopic (exact) mass is 226 g/mol. The third kappa shape index (κ3) is 3.95. The molecule has 0 aliphatic rings. The van der Waals surface area contributed by atoms with Gasteiger partial charge >= 0.3 is 6.01 Å². The van der Waals surface area contributed by atoms with Crippen molar-refractivity contribution >= 4 is 17.8 Å². The number of anilines is 2. The van der Waals surface area contributed by atoms with Crippen LogP contribution in [0, 0.1) is 0 Å². The van der Waals surface area contributed by atoms with Gasteiger partial charge in [-0.15, -0.1) is 0 Å². The smallest absolute Gasteiger partial charge is 0.322 e. The number of nitrogens with two attached hydrogens (primary N) is 2. The summed E-state index contributed by atoms with van der Waals surface area (Å²) in [5.41, 5.74) is 10.4. The number of methoxy groups -OCH3 is 1. The Balaban J connectivity index is 2.47. The van der Waals surface area contributed by atoms with Crippen LogP contribution in [0.4, 0.5) is 11.9 Å². The first-order valence-electron chi connectivity index (χ1n) is 4.69. The number of primary amides is 1. The zero-order chi connectivity index (χ0) is 12.0. The van der Waals surface area contributed by atoms with E-state index in [0.717, 1.165) is 0 Å². The van der Waals surface area contributed by atoms with Gasteiger partial charge in [-0.25, -0.2) is 0 Å². The number of ether oxygens (including phenoxy) is 1. The standard InChI is InChI=1S/C8H14N6O2/c1-16-8-13-6(10)12-7(14-8)11-4-2-3-5(9)15/h2-4H2,1H3,(H2,9,15)(H3,10,11,12,13,14). The molecule has 8 nitrogen and oxygen atoms in total. The second-order valence-electron chi connectivity index (χ2n) is 3.00. The topological polar surface area (TPSA) is 129 Å². The van der Waals surface area contributed by atoms with Crippen LogP contribution < -0.4 is 21.5 Å². The number of carbonyl (C=O) groups is 1. The lowest BCUT2D eigenvalue weighted by Gasteiger charge is -2.05. The lowest BCUT2D eigenvalue weighted by atomic mass is 10.3.